The molecule has 0 aromatic heterocycles. The molecule has 0 radical (unpaired) electrons. The quantitative estimate of drug-likeness (QED) is 0.447. The number of hydrogen-bond acceptors (Lipinski definition) is 5. The third kappa shape index (κ3) is 6.26. The second-order valence-electron chi connectivity index (χ2n) is 7.68. The summed E-state index contributed by atoms with van der Waals surface area (Å²) in [6.07, 6.45) is -0.0114. The molecular formula is C24H28N2O5S. The van der Waals surface area contributed by atoms with E-state index in [1.807, 2.05) is 24.3 Å². The van der Waals surface area contributed by atoms with Crippen molar-refractivity contribution in [2.75, 3.05) is 31.2 Å². The number of ether oxygens (including phenoxy) is 1. The molecule has 0 saturated carbocycles. The average Bonchev–Trinajstić information content (AvgIpc) is 3.11. The van der Waals surface area contributed by atoms with Crippen LogP contribution in [0.25, 0.3) is 11.1 Å². The second-order valence-corrected chi connectivity index (χ2v) is 8.78. The standard InChI is InChI=1S/C24H28N2O5S/c1-16(23(29)25-12-13-32-15-22(27)28)10-11-26-24(30)31-14-21-19-8-4-2-6-17(19)18-7-3-5-9-20(18)21/h2-9,16,21H,10-15H2,1H3,(H,25,29)(H,26,30)(H,27,28). The molecule has 0 heterocycles. The summed E-state index contributed by atoms with van der Waals surface area (Å²) in [7, 11) is 0. The molecule has 0 bridgehead atoms. The topological polar surface area (TPSA) is 105 Å². The highest BCUT2D eigenvalue weighted by Crippen LogP contribution is 2.44. The number of hydrogen-bond donors (Lipinski definition) is 3. The molecule has 0 fully saturated rings. The SMILES string of the molecule is CC(CCNC(=O)OCC1c2ccccc2-c2ccccc21)C(=O)NCCSCC(=O)O. The van der Waals surface area contributed by atoms with E-state index in [1.165, 1.54) is 22.9 Å². The summed E-state index contributed by atoms with van der Waals surface area (Å²) in [5.41, 5.74) is 4.68. The lowest BCUT2D eigenvalue weighted by molar-refractivity contribution is -0.134. The first kappa shape index (κ1) is 23.7. The molecule has 0 aliphatic heterocycles. The number of amides is 2. The predicted molar refractivity (Wildman–Crippen MR) is 125 cm³/mol. The number of carbonyl (C=O) groups is 3. The first-order valence-corrected chi connectivity index (χ1v) is 11.8. The summed E-state index contributed by atoms with van der Waals surface area (Å²) in [5.74, 6) is -0.674. The zero-order valence-corrected chi connectivity index (χ0v) is 18.8. The van der Waals surface area contributed by atoms with Crippen LogP contribution in [0.15, 0.2) is 48.5 Å². The van der Waals surface area contributed by atoms with E-state index in [4.69, 9.17) is 9.84 Å². The highest BCUT2D eigenvalue weighted by molar-refractivity contribution is 7.99. The molecule has 1 atom stereocenters. The maximum absolute atomic E-state index is 12.2. The molecule has 7 nitrogen and oxygen atoms in total. The van der Waals surface area contributed by atoms with Gasteiger partial charge in [0.15, 0.2) is 0 Å². The van der Waals surface area contributed by atoms with E-state index in [0.717, 1.165) is 11.1 Å². The van der Waals surface area contributed by atoms with Gasteiger partial charge in [0.25, 0.3) is 0 Å². The summed E-state index contributed by atoms with van der Waals surface area (Å²) in [4.78, 5) is 34.7. The number of nitrogens with one attached hydrogen (secondary N) is 2. The van der Waals surface area contributed by atoms with Crippen LogP contribution < -0.4 is 10.6 Å². The van der Waals surface area contributed by atoms with Gasteiger partial charge in [0, 0.05) is 30.7 Å². The van der Waals surface area contributed by atoms with E-state index < -0.39 is 12.1 Å². The Balaban J connectivity index is 1.38. The van der Waals surface area contributed by atoms with Crippen LogP contribution in [0.2, 0.25) is 0 Å². The molecule has 1 unspecified atom stereocenters. The first-order valence-electron chi connectivity index (χ1n) is 10.6. The van der Waals surface area contributed by atoms with Crippen LogP contribution in [-0.4, -0.2) is 54.3 Å². The molecule has 3 N–H and O–H groups in total. The minimum absolute atomic E-state index is 0.0110. The van der Waals surface area contributed by atoms with Crippen molar-refractivity contribution in [1.82, 2.24) is 10.6 Å². The Hall–Kier alpha value is -3.00. The smallest absolute Gasteiger partial charge is 0.407 e. The van der Waals surface area contributed by atoms with Crippen molar-refractivity contribution in [2.24, 2.45) is 5.92 Å². The van der Waals surface area contributed by atoms with Crippen LogP contribution in [0.3, 0.4) is 0 Å². The molecule has 0 spiro atoms. The van der Waals surface area contributed by atoms with Crippen LogP contribution in [0.1, 0.15) is 30.4 Å². The Bertz CT molecular complexity index is 919. The highest BCUT2D eigenvalue weighted by atomic mass is 32.2. The van der Waals surface area contributed by atoms with Gasteiger partial charge in [0.05, 0.1) is 5.75 Å². The van der Waals surface area contributed by atoms with Gasteiger partial charge in [-0.05, 0) is 28.7 Å². The van der Waals surface area contributed by atoms with E-state index in [0.29, 0.717) is 25.3 Å². The summed E-state index contributed by atoms with van der Waals surface area (Å²) in [5, 5.41) is 14.1. The van der Waals surface area contributed by atoms with Gasteiger partial charge in [-0.3, -0.25) is 9.59 Å². The van der Waals surface area contributed by atoms with Crippen molar-refractivity contribution < 1.29 is 24.2 Å². The summed E-state index contributed by atoms with van der Waals surface area (Å²) < 4.78 is 5.49. The number of carboxylic acids is 1. The molecule has 170 valence electrons. The predicted octanol–water partition coefficient (Wildman–Crippen LogP) is 3.49. The Morgan fingerprint density at radius 3 is 2.25 bits per heavy atom. The molecule has 2 aromatic rings. The lowest BCUT2D eigenvalue weighted by atomic mass is 9.98. The molecule has 1 aliphatic carbocycles. The number of fused-ring (bicyclic) bond motifs is 3. The minimum atomic E-state index is -0.867. The monoisotopic (exact) mass is 456 g/mol. The fraction of sp³-hybridized carbons (Fsp3) is 0.375. The second kappa shape index (κ2) is 11.6. The van der Waals surface area contributed by atoms with Crippen molar-refractivity contribution in [2.45, 2.75) is 19.3 Å². The molecule has 3 rings (SSSR count). The molecule has 32 heavy (non-hydrogen) atoms. The minimum Gasteiger partial charge on any atom is -0.481 e. The van der Waals surface area contributed by atoms with Gasteiger partial charge in [-0.25, -0.2) is 4.79 Å². The van der Waals surface area contributed by atoms with E-state index in [2.05, 4.69) is 34.9 Å². The summed E-state index contributed by atoms with van der Waals surface area (Å²) in [6.45, 7) is 2.79. The average molecular weight is 457 g/mol. The van der Waals surface area contributed by atoms with Gasteiger partial charge in [-0.15, -0.1) is 11.8 Å². The van der Waals surface area contributed by atoms with Gasteiger partial charge in [-0.2, -0.15) is 0 Å². The van der Waals surface area contributed by atoms with Crippen molar-refractivity contribution in [3.8, 4) is 11.1 Å². The van der Waals surface area contributed by atoms with Crippen molar-refractivity contribution >= 4 is 29.7 Å². The van der Waals surface area contributed by atoms with Crippen LogP contribution in [0.5, 0.6) is 0 Å². The van der Waals surface area contributed by atoms with Crippen molar-refractivity contribution in [3.63, 3.8) is 0 Å². The normalized spacial score (nSPS) is 13.0. The fourth-order valence-corrected chi connectivity index (χ4v) is 4.32. The lowest BCUT2D eigenvalue weighted by Gasteiger charge is -2.15. The Labute approximate surface area is 191 Å². The van der Waals surface area contributed by atoms with E-state index in [-0.39, 0.29) is 30.1 Å². The number of carboxylic acid groups (broad SMARTS) is 1. The van der Waals surface area contributed by atoms with Crippen molar-refractivity contribution in [3.05, 3.63) is 59.7 Å². The van der Waals surface area contributed by atoms with Gasteiger partial charge in [-0.1, -0.05) is 55.5 Å². The number of benzene rings is 2. The van der Waals surface area contributed by atoms with Crippen molar-refractivity contribution in [1.29, 1.82) is 0 Å². The van der Waals surface area contributed by atoms with Crippen LogP contribution in [0.4, 0.5) is 4.79 Å². The third-order valence-corrected chi connectivity index (χ3v) is 6.35. The zero-order valence-electron chi connectivity index (χ0n) is 18.0. The molecule has 2 amide bonds. The largest absolute Gasteiger partial charge is 0.481 e. The molecule has 0 saturated heterocycles. The Morgan fingerprint density at radius 1 is 1.00 bits per heavy atom. The fourth-order valence-electron chi connectivity index (χ4n) is 3.75. The zero-order chi connectivity index (χ0) is 22.9. The van der Waals surface area contributed by atoms with Crippen LogP contribution in [-0.2, 0) is 14.3 Å². The number of carbonyl (C=O) groups excluding carboxylic acids is 2. The Kier molecular flexibility index (Phi) is 8.56. The number of aliphatic carboxylic acids is 1. The highest BCUT2D eigenvalue weighted by Gasteiger charge is 2.29. The molecule has 8 heteroatoms. The van der Waals surface area contributed by atoms with E-state index in [9.17, 15) is 14.4 Å². The maximum Gasteiger partial charge on any atom is 0.407 e. The number of thioether (sulfide) groups is 1. The number of rotatable bonds is 11. The van der Waals surface area contributed by atoms with E-state index in [1.54, 1.807) is 6.92 Å². The number of alkyl carbamates (subject to hydrolysis) is 1. The molecule has 1 aliphatic rings. The van der Waals surface area contributed by atoms with E-state index >= 15 is 0 Å². The van der Waals surface area contributed by atoms with Crippen LogP contribution >= 0.6 is 11.8 Å². The van der Waals surface area contributed by atoms with Gasteiger partial charge in [0.1, 0.15) is 6.61 Å². The first-order chi connectivity index (χ1) is 15.5. The van der Waals surface area contributed by atoms with Crippen LogP contribution in [0, 0.1) is 5.92 Å². The maximum atomic E-state index is 12.2. The third-order valence-electron chi connectivity index (χ3n) is 5.41. The van der Waals surface area contributed by atoms with Gasteiger partial charge >= 0.3 is 12.1 Å². The summed E-state index contributed by atoms with van der Waals surface area (Å²) >= 11 is 1.26. The van der Waals surface area contributed by atoms with Gasteiger partial charge in [0.2, 0.25) is 5.91 Å². The molecular weight excluding hydrogens is 428 g/mol. The summed E-state index contributed by atoms with van der Waals surface area (Å²) in [6, 6.07) is 16.3. The van der Waals surface area contributed by atoms with Gasteiger partial charge < -0.3 is 20.5 Å². The molecule has 2 aromatic carbocycles. The Morgan fingerprint density at radius 2 is 1.62 bits per heavy atom. The lowest BCUT2D eigenvalue weighted by Crippen LogP contribution is -2.34.